The summed E-state index contributed by atoms with van der Waals surface area (Å²) in [6.07, 6.45) is 1.62. The van der Waals surface area contributed by atoms with Gasteiger partial charge in [0.2, 0.25) is 0 Å². The molecule has 1 aliphatic rings. The van der Waals surface area contributed by atoms with Crippen LogP contribution in [0.3, 0.4) is 0 Å². The molecular formula is C12H7Br2ClN2O2. The minimum Gasteiger partial charge on any atom is -0.486 e. The molecule has 7 heteroatoms. The first-order chi connectivity index (χ1) is 9.15. The SMILES string of the molecule is Clc1nc(-c2cc(Br)c3c(c2)OCCO3)ncc1Br. The van der Waals surface area contributed by atoms with Crippen LogP contribution in [0.4, 0.5) is 0 Å². The molecule has 98 valence electrons. The highest BCUT2D eigenvalue weighted by Gasteiger charge is 2.18. The summed E-state index contributed by atoms with van der Waals surface area (Å²) in [5, 5.41) is 0.371. The van der Waals surface area contributed by atoms with Gasteiger partial charge in [0.15, 0.2) is 17.3 Å². The lowest BCUT2D eigenvalue weighted by Crippen LogP contribution is -2.15. The summed E-state index contributed by atoms with van der Waals surface area (Å²) < 4.78 is 12.6. The van der Waals surface area contributed by atoms with Crippen molar-refractivity contribution in [3.8, 4) is 22.9 Å². The number of nitrogens with zero attached hydrogens (tertiary/aromatic N) is 2. The molecule has 0 atom stereocenters. The Morgan fingerprint density at radius 3 is 2.68 bits per heavy atom. The average molecular weight is 406 g/mol. The molecule has 3 rings (SSSR count). The fraction of sp³-hybridized carbons (Fsp3) is 0.167. The van der Waals surface area contributed by atoms with Gasteiger partial charge in [0.25, 0.3) is 0 Å². The molecule has 0 aliphatic carbocycles. The van der Waals surface area contributed by atoms with Crippen LogP contribution in [0, 0.1) is 0 Å². The zero-order valence-electron chi connectivity index (χ0n) is 9.49. The summed E-state index contributed by atoms with van der Waals surface area (Å²) in [5.41, 5.74) is 0.811. The van der Waals surface area contributed by atoms with E-state index in [1.54, 1.807) is 6.20 Å². The van der Waals surface area contributed by atoms with Crippen LogP contribution in [0.15, 0.2) is 27.3 Å². The first-order valence-corrected chi connectivity index (χ1v) is 7.39. The fourth-order valence-electron chi connectivity index (χ4n) is 1.73. The van der Waals surface area contributed by atoms with E-state index in [0.717, 1.165) is 10.0 Å². The maximum absolute atomic E-state index is 5.98. The van der Waals surface area contributed by atoms with Crippen LogP contribution in [-0.2, 0) is 0 Å². The van der Waals surface area contributed by atoms with Gasteiger partial charge in [-0.15, -0.1) is 0 Å². The van der Waals surface area contributed by atoms with Crippen molar-refractivity contribution in [2.75, 3.05) is 13.2 Å². The number of hydrogen-bond acceptors (Lipinski definition) is 4. The van der Waals surface area contributed by atoms with Crippen molar-refractivity contribution in [3.05, 3.63) is 32.4 Å². The highest BCUT2D eigenvalue weighted by Crippen LogP contribution is 2.40. The molecule has 1 aromatic heterocycles. The molecular weight excluding hydrogens is 399 g/mol. The molecule has 2 aromatic rings. The van der Waals surface area contributed by atoms with Gasteiger partial charge in [-0.05, 0) is 44.0 Å². The lowest BCUT2D eigenvalue weighted by atomic mass is 10.2. The van der Waals surface area contributed by atoms with Gasteiger partial charge in [0.1, 0.15) is 18.4 Å². The Morgan fingerprint density at radius 1 is 1.11 bits per heavy atom. The number of halogens is 3. The fourth-order valence-corrected chi connectivity index (χ4v) is 2.60. The third-order valence-corrected chi connectivity index (χ3v) is 4.24. The van der Waals surface area contributed by atoms with Crippen molar-refractivity contribution >= 4 is 43.5 Å². The van der Waals surface area contributed by atoms with E-state index in [1.165, 1.54) is 0 Å². The predicted molar refractivity (Wildman–Crippen MR) is 78.9 cm³/mol. The molecule has 2 heterocycles. The zero-order valence-corrected chi connectivity index (χ0v) is 13.4. The van der Waals surface area contributed by atoms with Crippen molar-refractivity contribution in [2.45, 2.75) is 0 Å². The summed E-state index contributed by atoms with van der Waals surface area (Å²) in [5.74, 6) is 1.92. The van der Waals surface area contributed by atoms with E-state index >= 15 is 0 Å². The van der Waals surface area contributed by atoms with Crippen LogP contribution < -0.4 is 9.47 Å². The largest absolute Gasteiger partial charge is 0.486 e. The van der Waals surface area contributed by atoms with Crippen LogP contribution in [0.1, 0.15) is 0 Å². The topological polar surface area (TPSA) is 44.2 Å². The molecule has 1 aliphatic heterocycles. The van der Waals surface area contributed by atoms with Gasteiger partial charge in [-0.1, -0.05) is 11.6 Å². The van der Waals surface area contributed by atoms with Crippen LogP contribution in [0.25, 0.3) is 11.4 Å². The quantitative estimate of drug-likeness (QED) is 0.669. The monoisotopic (exact) mass is 404 g/mol. The first kappa shape index (κ1) is 13.1. The van der Waals surface area contributed by atoms with Gasteiger partial charge >= 0.3 is 0 Å². The van der Waals surface area contributed by atoms with E-state index in [9.17, 15) is 0 Å². The van der Waals surface area contributed by atoms with Crippen LogP contribution in [0.2, 0.25) is 5.15 Å². The Bertz CT molecular complexity index is 652. The molecule has 0 spiro atoms. The highest BCUT2D eigenvalue weighted by atomic mass is 79.9. The number of benzene rings is 1. The van der Waals surface area contributed by atoms with E-state index < -0.39 is 0 Å². The summed E-state index contributed by atoms with van der Waals surface area (Å²) >= 11 is 12.7. The third kappa shape index (κ3) is 2.57. The van der Waals surface area contributed by atoms with Gasteiger partial charge in [-0.25, -0.2) is 9.97 Å². The molecule has 0 saturated heterocycles. The summed E-state index contributed by atoms with van der Waals surface area (Å²) in [6, 6.07) is 3.73. The summed E-state index contributed by atoms with van der Waals surface area (Å²) in [7, 11) is 0. The van der Waals surface area contributed by atoms with Crippen LogP contribution >= 0.6 is 43.5 Å². The maximum Gasteiger partial charge on any atom is 0.175 e. The third-order valence-electron chi connectivity index (χ3n) is 2.56. The van der Waals surface area contributed by atoms with E-state index in [0.29, 0.717) is 40.2 Å². The standard InChI is InChI=1S/C12H7Br2ClN2O2/c13-7-3-6(4-9-10(7)19-2-1-18-9)12-16-5-8(14)11(15)17-12/h3-5H,1-2H2. The van der Waals surface area contributed by atoms with Gasteiger partial charge in [0, 0.05) is 11.8 Å². The zero-order chi connectivity index (χ0) is 13.4. The Hall–Kier alpha value is -0.850. The number of ether oxygens (including phenoxy) is 2. The van der Waals surface area contributed by atoms with Gasteiger partial charge in [-0.3, -0.25) is 0 Å². The second kappa shape index (κ2) is 5.26. The van der Waals surface area contributed by atoms with E-state index in [1.807, 2.05) is 12.1 Å². The Balaban J connectivity index is 2.10. The van der Waals surface area contributed by atoms with Crippen molar-refractivity contribution in [1.82, 2.24) is 9.97 Å². The smallest absolute Gasteiger partial charge is 0.175 e. The number of hydrogen-bond donors (Lipinski definition) is 0. The lowest BCUT2D eigenvalue weighted by Gasteiger charge is -2.20. The Morgan fingerprint density at radius 2 is 1.89 bits per heavy atom. The van der Waals surface area contributed by atoms with E-state index in [2.05, 4.69) is 41.8 Å². The number of aromatic nitrogens is 2. The highest BCUT2D eigenvalue weighted by molar-refractivity contribution is 9.10. The van der Waals surface area contributed by atoms with E-state index in [4.69, 9.17) is 21.1 Å². The normalized spacial score (nSPS) is 13.4. The maximum atomic E-state index is 5.98. The van der Waals surface area contributed by atoms with Gasteiger partial charge in [0.05, 0.1) is 8.95 Å². The summed E-state index contributed by atoms with van der Waals surface area (Å²) in [6.45, 7) is 1.08. The number of rotatable bonds is 1. The minimum atomic E-state index is 0.371. The second-order valence-electron chi connectivity index (χ2n) is 3.81. The molecule has 0 radical (unpaired) electrons. The minimum absolute atomic E-state index is 0.371. The van der Waals surface area contributed by atoms with Crippen LogP contribution in [0.5, 0.6) is 11.5 Å². The molecule has 0 saturated carbocycles. The molecule has 0 bridgehead atoms. The molecule has 0 unspecified atom stereocenters. The average Bonchev–Trinajstić information content (AvgIpc) is 2.42. The van der Waals surface area contributed by atoms with Crippen molar-refractivity contribution < 1.29 is 9.47 Å². The van der Waals surface area contributed by atoms with Crippen molar-refractivity contribution in [2.24, 2.45) is 0 Å². The number of fused-ring (bicyclic) bond motifs is 1. The first-order valence-electron chi connectivity index (χ1n) is 5.42. The molecule has 1 aromatic carbocycles. The molecule has 4 nitrogen and oxygen atoms in total. The summed E-state index contributed by atoms with van der Waals surface area (Å²) in [4.78, 5) is 8.46. The Kier molecular flexibility index (Phi) is 3.64. The van der Waals surface area contributed by atoms with Gasteiger partial charge in [-0.2, -0.15) is 0 Å². The van der Waals surface area contributed by atoms with Crippen molar-refractivity contribution in [1.29, 1.82) is 0 Å². The Labute approximate surface area is 131 Å². The van der Waals surface area contributed by atoms with Crippen molar-refractivity contribution in [3.63, 3.8) is 0 Å². The lowest BCUT2D eigenvalue weighted by molar-refractivity contribution is 0.170. The molecule has 0 fully saturated rings. The molecule has 0 amide bonds. The molecule has 0 N–H and O–H groups in total. The molecule has 19 heavy (non-hydrogen) atoms. The second-order valence-corrected chi connectivity index (χ2v) is 5.88. The van der Waals surface area contributed by atoms with Crippen LogP contribution in [-0.4, -0.2) is 23.2 Å². The van der Waals surface area contributed by atoms with E-state index in [-0.39, 0.29) is 0 Å². The predicted octanol–water partition coefficient (Wildman–Crippen LogP) is 4.09. The van der Waals surface area contributed by atoms with Gasteiger partial charge < -0.3 is 9.47 Å².